The van der Waals surface area contributed by atoms with E-state index in [0.29, 0.717) is 22.9 Å². The Morgan fingerprint density at radius 1 is 0.476 bits per heavy atom. The SMILES string of the molecule is CC(C)(c1ccc(Oc2ccc(N)cc2F)cc1)c1cccc(C(C)(C)c2ccc(Oc3ccc(N)cc3F)cc2)c1. The second-order valence-electron chi connectivity index (χ2n) is 11.5. The average Bonchev–Trinajstić information content (AvgIpc) is 2.97. The van der Waals surface area contributed by atoms with Gasteiger partial charge in [0.05, 0.1) is 0 Å². The Kier molecular flexibility index (Phi) is 7.65. The lowest BCUT2D eigenvalue weighted by molar-refractivity contribution is 0.442. The zero-order chi connectivity index (χ0) is 30.1. The van der Waals surface area contributed by atoms with Crippen LogP contribution in [0.2, 0.25) is 0 Å². The molecule has 0 spiro atoms. The van der Waals surface area contributed by atoms with Gasteiger partial charge in [-0.1, -0.05) is 76.2 Å². The van der Waals surface area contributed by atoms with Crippen LogP contribution in [0, 0.1) is 11.6 Å². The summed E-state index contributed by atoms with van der Waals surface area (Å²) in [7, 11) is 0. The standard InChI is InChI=1S/C36H34F2N2O2/c1-35(2,23-8-14-29(15-9-23)41-33-18-12-27(39)21-31(33)37)25-6-5-7-26(20-25)36(3,4)24-10-16-30(17-11-24)42-34-19-13-28(40)22-32(34)38/h5-22H,39-40H2,1-4H3. The zero-order valence-electron chi connectivity index (χ0n) is 24.1. The van der Waals surface area contributed by atoms with Crippen molar-refractivity contribution < 1.29 is 18.3 Å². The molecular weight excluding hydrogens is 530 g/mol. The number of anilines is 2. The summed E-state index contributed by atoms with van der Waals surface area (Å²) in [6.07, 6.45) is 0. The van der Waals surface area contributed by atoms with Crippen LogP contribution in [0.5, 0.6) is 23.0 Å². The lowest BCUT2D eigenvalue weighted by atomic mass is 9.73. The second kappa shape index (κ2) is 11.2. The van der Waals surface area contributed by atoms with E-state index in [-0.39, 0.29) is 22.3 Å². The number of nitrogens with two attached hydrogens (primary N) is 2. The van der Waals surface area contributed by atoms with Gasteiger partial charge in [0.25, 0.3) is 0 Å². The van der Waals surface area contributed by atoms with Crippen molar-refractivity contribution in [3.05, 3.63) is 143 Å². The first-order chi connectivity index (χ1) is 19.9. The van der Waals surface area contributed by atoms with Crippen LogP contribution in [0.15, 0.2) is 109 Å². The summed E-state index contributed by atoms with van der Waals surface area (Å²) in [5.74, 6) is 0.332. The van der Waals surface area contributed by atoms with Gasteiger partial charge in [-0.2, -0.15) is 0 Å². The number of ether oxygens (including phenoxy) is 2. The molecule has 0 aliphatic carbocycles. The molecule has 5 aromatic carbocycles. The smallest absolute Gasteiger partial charge is 0.167 e. The van der Waals surface area contributed by atoms with Crippen molar-refractivity contribution >= 4 is 11.4 Å². The van der Waals surface area contributed by atoms with Gasteiger partial charge in [0.1, 0.15) is 11.5 Å². The molecule has 0 radical (unpaired) electrons. The Hall–Kier alpha value is -4.84. The van der Waals surface area contributed by atoms with Crippen molar-refractivity contribution in [1.29, 1.82) is 0 Å². The summed E-state index contributed by atoms with van der Waals surface area (Å²) in [4.78, 5) is 0. The predicted octanol–water partition coefficient (Wildman–Crippen LogP) is 9.37. The molecule has 0 bridgehead atoms. The third kappa shape index (κ3) is 5.93. The lowest BCUT2D eigenvalue weighted by Gasteiger charge is -2.31. The van der Waals surface area contributed by atoms with Gasteiger partial charge in [0.2, 0.25) is 0 Å². The van der Waals surface area contributed by atoms with Crippen molar-refractivity contribution in [1.82, 2.24) is 0 Å². The van der Waals surface area contributed by atoms with E-state index in [0.717, 1.165) is 22.3 Å². The monoisotopic (exact) mass is 564 g/mol. The van der Waals surface area contributed by atoms with Gasteiger partial charge in [0, 0.05) is 34.3 Å². The molecule has 0 aliphatic rings. The molecular formula is C36H34F2N2O2. The maximum Gasteiger partial charge on any atom is 0.167 e. The van der Waals surface area contributed by atoms with E-state index < -0.39 is 11.6 Å². The van der Waals surface area contributed by atoms with E-state index >= 15 is 0 Å². The van der Waals surface area contributed by atoms with Gasteiger partial charge >= 0.3 is 0 Å². The van der Waals surface area contributed by atoms with Gasteiger partial charge in [0.15, 0.2) is 23.1 Å². The van der Waals surface area contributed by atoms with Gasteiger partial charge in [-0.25, -0.2) is 8.78 Å². The number of benzene rings is 5. The Labute approximate surface area is 245 Å². The highest BCUT2D eigenvalue weighted by molar-refractivity contribution is 5.49. The van der Waals surface area contributed by atoms with Crippen molar-refractivity contribution in [3.63, 3.8) is 0 Å². The van der Waals surface area contributed by atoms with Gasteiger partial charge in [-0.15, -0.1) is 0 Å². The van der Waals surface area contributed by atoms with Crippen LogP contribution in [0.4, 0.5) is 20.2 Å². The van der Waals surface area contributed by atoms with Crippen molar-refractivity contribution in [3.8, 4) is 23.0 Å². The zero-order valence-corrected chi connectivity index (χ0v) is 24.1. The predicted molar refractivity (Wildman–Crippen MR) is 165 cm³/mol. The molecule has 0 fully saturated rings. The Balaban J connectivity index is 1.34. The first-order valence-electron chi connectivity index (χ1n) is 13.7. The normalized spacial score (nSPS) is 11.8. The number of halogens is 2. The van der Waals surface area contributed by atoms with Crippen LogP contribution in [0.3, 0.4) is 0 Å². The Bertz CT molecular complexity index is 1590. The molecule has 6 heteroatoms. The molecule has 0 amide bonds. The summed E-state index contributed by atoms with van der Waals surface area (Å²) in [5, 5.41) is 0. The van der Waals surface area contributed by atoms with E-state index in [9.17, 15) is 8.78 Å². The molecule has 214 valence electrons. The Morgan fingerprint density at radius 3 is 1.21 bits per heavy atom. The molecule has 0 unspecified atom stereocenters. The average molecular weight is 565 g/mol. The van der Waals surface area contributed by atoms with Gasteiger partial charge in [-0.3, -0.25) is 0 Å². The number of rotatable bonds is 8. The minimum Gasteiger partial charge on any atom is -0.454 e. The minimum atomic E-state index is -0.503. The van der Waals surface area contributed by atoms with Crippen LogP contribution in [0.1, 0.15) is 49.9 Å². The molecule has 5 rings (SSSR count). The molecule has 0 heterocycles. The highest BCUT2D eigenvalue weighted by Crippen LogP contribution is 2.38. The quantitative estimate of drug-likeness (QED) is 0.184. The van der Waals surface area contributed by atoms with Crippen molar-refractivity contribution in [2.24, 2.45) is 0 Å². The maximum atomic E-state index is 14.2. The van der Waals surface area contributed by atoms with Gasteiger partial charge in [-0.05, 0) is 70.8 Å². The van der Waals surface area contributed by atoms with Crippen LogP contribution in [-0.2, 0) is 10.8 Å². The maximum absolute atomic E-state index is 14.2. The van der Waals surface area contributed by atoms with Crippen LogP contribution in [0.25, 0.3) is 0 Å². The Morgan fingerprint density at radius 2 is 0.857 bits per heavy atom. The highest BCUT2D eigenvalue weighted by Gasteiger charge is 2.28. The number of hydrogen-bond donors (Lipinski definition) is 2. The molecule has 4 N–H and O–H groups in total. The van der Waals surface area contributed by atoms with Gasteiger partial charge < -0.3 is 20.9 Å². The summed E-state index contributed by atoms with van der Waals surface area (Å²) in [6, 6.07) is 32.7. The van der Waals surface area contributed by atoms with E-state index in [1.807, 2.05) is 48.5 Å². The molecule has 0 aromatic heterocycles. The minimum absolute atomic E-state index is 0.128. The first kappa shape index (κ1) is 28.7. The molecule has 42 heavy (non-hydrogen) atoms. The summed E-state index contributed by atoms with van der Waals surface area (Å²) >= 11 is 0. The first-order valence-corrected chi connectivity index (χ1v) is 13.7. The summed E-state index contributed by atoms with van der Waals surface area (Å²) < 4.78 is 39.9. The lowest BCUT2D eigenvalue weighted by Crippen LogP contribution is -2.22. The second-order valence-corrected chi connectivity index (χ2v) is 11.5. The molecule has 0 saturated heterocycles. The van der Waals surface area contributed by atoms with Crippen LogP contribution in [-0.4, -0.2) is 0 Å². The van der Waals surface area contributed by atoms with E-state index in [4.69, 9.17) is 20.9 Å². The highest BCUT2D eigenvalue weighted by atomic mass is 19.1. The fourth-order valence-corrected chi connectivity index (χ4v) is 4.96. The number of hydrogen-bond acceptors (Lipinski definition) is 4. The fourth-order valence-electron chi connectivity index (χ4n) is 4.96. The third-order valence-electron chi connectivity index (χ3n) is 7.83. The molecule has 0 saturated carbocycles. The number of nitrogen functional groups attached to an aromatic ring is 2. The summed E-state index contributed by atoms with van der Waals surface area (Å²) in [6.45, 7) is 8.71. The molecule has 4 nitrogen and oxygen atoms in total. The molecule has 0 aliphatic heterocycles. The third-order valence-corrected chi connectivity index (χ3v) is 7.83. The van der Waals surface area contributed by atoms with E-state index in [2.05, 4.69) is 52.0 Å². The largest absolute Gasteiger partial charge is 0.454 e. The summed E-state index contributed by atoms with van der Waals surface area (Å²) in [5.41, 5.74) is 15.9. The van der Waals surface area contributed by atoms with Crippen molar-refractivity contribution in [2.45, 2.75) is 38.5 Å². The van der Waals surface area contributed by atoms with Crippen LogP contribution >= 0.6 is 0 Å². The van der Waals surface area contributed by atoms with E-state index in [1.54, 1.807) is 12.1 Å². The van der Waals surface area contributed by atoms with E-state index in [1.165, 1.54) is 24.3 Å². The van der Waals surface area contributed by atoms with Crippen molar-refractivity contribution in [2.75, 3.05) is 11.5 Å². The fraction of sp³-hybridized carbons (Fsp3) is 0.167. The van der Waals surface area contributed by atoms with Crippen LogP contribution < -0.4 is 20.9 Å². The molecule has 0 atom stereocenters. The molecule has 5 aromatic rings. The topological polar surface area (TPSA) is 70.5 Å².